The van der Waals surface area contributed by atoms with E-state index < -0.39 is 0 Å². The third-order valence-corrected chi connectivity index (χ3v) is 3.21. The smallest absolute Gasteiger partial charge is 0.165 e. The molecular weight excluding hydrogens is 265 g/mol. The lowest BCUT2D eigenvalue weighted by Crippen LogP contribution is -2.17. The van der Waals surface area contributed by atoms with Crippen molar-refractivity contribution in [3.63, 3.8) is 0 Å². The van der Waals surface area contributed by atoms with E-state index in [0.717, 1.165) is 11.1 Å². The fourth-order valence-electron chi connectivity index (χ4n) is 2.07. The summed E-state index contributed by atoms with van der Waals surface area (Å²) in [5.74, 6) is -0.132. The van der Waals surface area contributed by atoms with Gasteiger partial charge < -0.3 is 10.1 Å². The first kappa shape index (κ1) is 13.8. The largest absolute Gasteiger partial charge is 0.494 e. The molecule has 4 heteroatoms. The highest BCUT2D eigenvalue weighted by Crippen LogP contribution is 2.28. The highest BCUT2D eigenvalue weighted by atomic mass is 35.5. The molecule has 0 aliphatic rings. The predicted molar refractivity (Wildman–Crippen MR) is 75.3 cm³/mol. The Balaban J connectivity index is 2.42. The van der Waals surface area contributed by atoms with E-state index in [1.165, 1.54) is 13.2 Å². The molecule has 19 heavy (non-hydrogen) atoms. The number of halogens is 2. The molecule has 2 nitrogen and oxygen atoms in total. The van der Waals surface area contributed by atoms with Crippen LogP contribution in [-0.4, -0.2) is 14.2 Å². The molecule has 0 fully saturated rings. The van der Waals surface area contributed by atoms with Crippen molar-refractivity contribution in [1.82, 2.24) is 5.32 Å². The van der Waals surface area contributed by atoms with Crippen molar-refractivity contribution in [2.75, 3.05) is 14.2 Å². The second-order valence-corrected chi connectivity index (χ2v) is 4.61. The van der Waals surface area contributed by atoms with Gasteiger partial charge in [-0.05, 0) is 42.4 Å². The Morgan fingerprint density at radius 1 is 1.16 bits per heavy atom. The van der Waals surface area contributed by atoms with Gasteiger partial charge in [-0.1, -0.05) is 29.8 Å². The molecule has 0 saturated heterocycles. The lowest BCUT2D eigenvalue weighted by molar-refractivity contribution is 0.385. The molecule has 2 rings (SSSR count). The molecule has 0 bridgehead atoms. The van der Waals surface area contributed by atoms with Crippen LogP contribution in [0.25, 0.3) is 0 Å². The quantitative estimate of drug-likeness (QED) is 0.919. The van der Waals surface area contributed by atoms with Crippen molar-refractivity contribution in [3.05, 3.63) is 64.4 Å². The lowest BCUT2D eigenvalue weighted by Gasteiger charge is -2.18. The zero-order chi connectivity index (χ0) is 13.8. The molecule has 0 aliphatic carbocycles. The summed E-state index contributed by atoms with van der Waals surface area (Å²) >= 11 is 6.00. The van der Waals surface area contributed by atoms with Gasteiger partial charge in [0, 0.05) is 5.02 Å². The minimum absolute atomic E-state index is 0.0619. The van der Waals surface area contributed by atoms with Crippen LogP contribution in [0.1, 0.15) is 17.2 Å². The van der Waals surface area contributed by atoms with Crippen molar-refractivity contribution < 1.29 is 9.13 Å². The van der Waals surface area contributed by atoms with Crippen molar-refractivity contribution in [1.29, 1.82) is 0 Å². The van der Waals surface area contributed by atoms with Crippen LogP contribution in [0.4, 0.5) is 4.39 Å². The van der Waals surface area contributed by atoms with Crippen LogP contribution in [0.3, 0.4) is 0 Å². The first-order valence-corrected chi connectivity index (χ1v) is 6.29. The Hall–Kier alpha value is -1.58. The molecule has 2 aromatic carbocycles. The van der Waals surface area contributed by atoms with Gasteiger partial charge in [-0.3, -0.25) is 0 Å². The number of hydrogen-bond donors (Lipinski definition) is 1. The van der Waals surface area contributed by atoms with Crippen LogP contribution >= 0.6 is 11.6 Å². The highest BCUT2D eigenvalue weighted by Gasteiger charge is 2.14. The summed E-state index contributed by atoms with van der Waals surface area (Å²) in [5.41, 5.74) is 1.94. The molecule has 0 amide bonds. The molecule has 1 N–H and O–H groups in total. The van der Waals surface area contributed by atoms with Crippen LogP contribution < -0.4 is 10.1 Å². The van der Waals surface area contributed by atoms with E-state index in [1.807, 2.05) is 31.3 Å². The van der Waals surface area contributed by atoms with Gasteiger partial charge in [-0.15, -0.1) is 0 Å². The number of methoxy groups -OCH3 is 1. The van der Waals surface area contributed by atoms with Crippen molar-refractivity contribution in [3.8, 4) is 5.75 Å². The normalized spacial score (nSPS) is 12.2. The summed E-state index contributed by atoms with van der Waals surface area (Å²) in [6.07, 6.45) is 0. The van der Waals surface area contributed by atoms with E-state index in [0.29, 0.717) is 5.02 Å². The zero-order valence-corrected chi connectivity index (χ0v) is 11.5. The molecule has 1 unspecified atom stereocenters. The molecule has 0 saturated carbocycles. The minimum Gasteiger partial charge on any atom is -0.494 e. The van der Waals surface area contributed by atoms with Gasteiger partial charge in [-0.2, -0.15) is 0 Å². The van der Waals surface area contributed by atoms with E-state index in [4.69, 9.17) is 16.3 Å². The van der Waals surface area contributed by atoms with Crippen LogP contribution in [0.2, 0.25) is 5.02 Å². The zero-order valence-electron chi connectivity index (χ0n) is 10.8. The van der Waals surface area contributed by atoms with Gasteiger partial charge in [0.25, 0.3) is 0 Å². The average Bonchev–Trinajstić information content (AvgIpc) is 2.41. The first-order valence-electron chi connectivity index (χ1n) is 5.92. The second kappa shape index (κ2) is 6.04. The number of rotatable bonds is 4. The fourth-order valence-corrected chi connectivity index (χ4v) is 2.27. The molecule has 0 heterocycles. The van der Waals surface area contributed by atoms with Gasteiger partial charge >= 0.3 is 0 Å². The minimum atomic E-state index is -0.368. The van der Waals surface area contributed by atoms with Crippen molar-refractivity contribution in [2.45, 2.75) is 6.04 Å². The number of hydrogen-bond acceptors (Lipinski definition) is 2. The summed E-state index contributed by atoms with van der Waals surface area (Å²) in [5, 5.41) is 3.87. The Morgan fingerprint density at radius 3 is 2.53 bits per heavy atom. The summed E-state index contributed by atoms with van der Waals surface area (Å²) in [4.78, 5) is 0. The lowest BCUT2D eigenvalue weighted by atomic mass is 9.98. The topological polar surface area (TPSA) is 21.3 Å². The average molecular weight is 280 g/mol. The first-order chi connectivity index (χ1) is 9.15. The van der Waals surface area contributed by atoms with E-state index in [1.54, 1.807) is 12.1 Å². The molecule has 0 aliphatic heterocycles. The molecular formula is C15H15ClFNO. The summed E-state index contributed by atoms with van der Waals surface area (Å²) in [7, 11) is 3.30. The maximum Gasteiger partial charge on any atom is 0.165 e. The van der Waals surface area contributed by atoms with E-state index in [-0.39, 0.29) is 17.6 Å². The molecule has 2 aromatic rings. The number of benzene rings is 2. The van der Waals surface area contributed by atoms with Gasteiger partial charge in [0.15, 0.2) is 11.6 Å². The van der Waals surface area contributed by atoms with Crippen molar-refractivity contribution in [2.24, 2.45) is 0 Å². The molecule has 100 valence electrons. The van der Waals surface area contributed by atoms with Crippen LogP contribution in [0.15, 0.2) is 42.5 Å². The highest BCUT2D eigenvalue weighted by molar-refractivity contribution is 6.30. The molecule has 0 radical (unpaired) electrons. The standard InChI is InChI=1S/C15H15ClFNO/c1-18-15(10-4-3-5-12(16)8-10)11-6-7-13(17)14(9-11)19-2/h3-9,15,18H,1-2H3. The Bertz CT molecular complexity index is 574. The second-order valence-electron chi connectivity index (χ2n) is 4.17. The van der Waals surface area contributed by atoms with E-state index >= 15 is 0 Å². The Labute approximate surface area is 117 Å². The molecule has 0 spiro atoms. The van der Waals surface area contributed by atoms with Gasteiger partial charge in [0.2, 0.25) is 0 Å². The van der Waals surface area contributed by atoms with E-state index in [2.05, 4.69) is 5.32 Å². The van der Waals surface area contributed by atoms with Crippen molar-refractivity contribution >= 4 is 11.6 Å². The van der Waals surface area contributed by atoms with Crippen LogP contribution in [0, 0.1) is 5.82 Å². The maximum absolute atomic E-state index is 13.4. The van der Waals surface area contributed by atoms with Crippen LogP contribution in [-0.2, 0) is 0 Å². The Morgan fingerprint density at radius 2 is 1.89 bits per heavy atom. The van der Waals surface area contributed by atoms with Gasteiger partial charge in [0.1, 0.15) is 0 Å². The Kier molecular flexibility index (Phi) is 4.40. The molecule has 1 atom stereocenters. The summed E-state index contributed by atoms with van der Waals surface area (Å²) in [6.45, 7) is 0. The molecule has 0 aromatic heterocycles. The fraction of sp³-hybridized carbons (Fsp3) is 0.200. The summed E-state index contributed by atoms with van der Waals surface area (Å²) in [6, 6.07) is 12.3. The monoisotopic (exact) mass is 279 g/mol. The number of nitrogens with one attached hydrogen (secondary N) is 1. The predicted octanol–water partition coefficient (Wildman–Crippen LogP) is 3.80. The van der Waals surface area contributed by atoms with Gasteiger partial charge in [-0.25, -0.2) is 4.39 Å². The number of ether oxygens (including phenoxy) is 1. The van der Waals surface area contributed by atoms with Gasteiger partial charge in [0.05, 0.1) is 13.2 Å². The SMILES string of the molecule is CNC(c1cccc(Cl)c1)c1ccc(F)c(OC)c1. The van der Waals surface area contributed by atoms with Crippen LogP contribution in [0.5, 0.6) is 5.75 Å². The third kappa shape index (κ3) is 3.06. The third-order valence-electron chi connectivity index (χ3n) is 2.98. The maximum atomic E-state index is 13.4. The van der Waals surface area contributed by atoms with E-state index in [9.17, 15) is 4.39 Å². The summed E-state index contributed by atoms with van der Waals surface area (Å²) < 4.78 is 18.4.